The first-order valence-electron chi connectivity index (χ1n) is 16.4. The molecule has 1 saturated heterocycles. The fourth-order valence-electron chi connectivity index (χ4n) is 6.58. The largest absolute Gasteiger partial charge is 0.453 e. The van der Waals surface area contributed by atoms with E-state index in [0.717, 1.165) is 0 Å². The van der Waals surface area contributed by atoms with Crippen molar-refractivity contribution in [1.82, 2.24) is 34.2 Å². The molecular formula is C29H34N10O5. The monoisotopic (exact) mass is 606 g/mol. The maximum atomic E-state index is 13.6. The topological polar surface area (TPSA) is 184 Å². The van der Waals surface area contributed by atoms with Gasteiger partial charge in [-0.15, -0.1) is 0 Å². The first-order chi connectivity index (χ1) is 22.7. The number of pyridine rings is 2. The van der Waals surface area contributed by atoms with Crippen molar-refractivity contribution in [2.24, 2.45) is 18.6 Å². The lowest BCUT2D eigenvalue weighted by atomic mass is 10.2. The van der Waals surface area contributed by atoms with Crippen molar-refractivity contribution in [3.05, 3.63) is 34.9 Å². The number of aryl methyl sites for hydroxylation is 1. The van der Waals surface area contributed by atoms with Crippen LogP contribution in [0, 0.1) is 5.92 Å². The number of nitrogens with two attached hydrogens (primary N) is 1. The number of amides is 3. The minimum atomic E-state index is -2.81. The third kappa shape index (κ3) is 4.20. The molecule has 2 aliphatic carbocycles. The normalized spacial score (nSPS) is 28.0. The Morgan fingerprint density at radius 2 is 2.05 bits per heavy atom. The number of hydrogen-bond acceptors (Lipinski definition) is 9. The van der Waals surface area contributed by atoms with E-state index < -0.39 is 42.3 Å². The van der Waals surface area contributed by atoms with Gasteiger partial charge in [0.05, 0.1) is 31.1 Å². The van der Waals surface area contributed by atoms with Crippen molar-refractivity contribution in [3.8, 4) is 0 Å². The molecule has 3 amide bonds. The summed E-state index contributed by atoms with van der Waals surface area (Å²) in [5, 5.41) is 10.9. The van der Waals surface area contributed by atoms with Gasteiger partial charge in [0, 0.05) is 42.2 Å². The van der Waals surface area contributed by atoms with Gasteiger partial charge in [0.15, 0.2) is 11.5 Å². The quantitative estimate of drug-likeness (QED) is 0.283. The van der Waals surface area contributed by atoms with Crippen molar-refractivity contribution < 1.29 is 24.6 Å². The van der Waals surface area contributed by atoms with Crippen molar-refractivity contribution in [1.29, 1.82) is 0 Å². The number of carbonyl (C=O) groups is 3. The summed E-state index contributed by atoms with van der Waals surface area (Å²) < 4.78 is 41.0. The van der Waals surface area contributed by atoms with E-state index >= 15 is 0 Å². The summed E-state index contributed by atoms with van der Waals surface area (Å²) in [6.45, 7) is -0.424. The molecule has 0 aromatic carbocycles. The lowest BCUT2D eigenvalue weighted by molar-refractivity contribution is -0.123. The van der Waals surface area contributed by atoms with E-state index in [1.54, 1.807) is 17.0 Å². The zero-order valence-electron chi connectivity index (χ0n) is 28.2. The Hall–Kier alpha value is -4.95. The van der Waals surface area contributed by atoms with Gasteiger partial charge >= 0.3 is 11.8 Å². The number of fused-ring (bicyclic) bond motifs is 2. The number of imidazole rings is 1. The van der Waals surface area contributed by atoms with Crippen LogP contribution in [0.15, 0.2) is 29.2 Å². The van der Waals surface area contributed by atoms with E-state index in [1.807, 2.05) is 6.92 Å². The number of carbonyl (C=O) groups excluding carboxylic acids is 3. The first-order valence-corrected chi connectivity index (χ1v) is 14.4. The fourth-order valence-corrected chi connectivity index (χ4v) is 6.58. The van der Waals surface area contributed by atoms with Crippen LogP contribution in [0.4, 0.5) is 22.2 Å². The summed E-state index contributed by atoms with van der Waals surface area (Å²) in [5.74, 6) is 0.235. The lowest BCUT2D eigenvalue weighted by Gasteiger charge is -2.15. The molecule has 44 heavy (non-hydrogen) atoms. The van der Waals surface area contributed by atoms with Crippen LogP contribution in [0.1, 0.15) is 57.0 Å². The van der Waals surface area contributed by atoms with Gasteiger partial charge in [-0.3, -0.25) is 23.6 Å². The standard InChI is InChI=1S/C29H34N10O5/c1-15-13-29(15,26(30)41)39-24-18(25(35-39)37-10-4-5-23(37)40)8-9-21(34-24)33-22-12-19-20(14-31-22)36(2)28(43)38(19)17-7-6-16(11-17)32-27(42)44-3/h8-9,12,14-17H,4-7,10-11,13H2,1-3H3,(H2,30,41)(H,32,42)(H,31,33,34)/t15-,16+,17+,29-/m0/s1/i2D3,16D. The smallest absolute Gasteiger partial charge is 0.407 e. The van der Waals surface area contributed by atoms with Crippen LogP contribution >= 0.6 is 0 Å². The van der Waals surface area contributed by atoms with Gasteiger partial charge in [0.2, 0.25) is 11.8 Å². The summed E-state index contributed by atoms with van der Waals surface area (Å²) in [6, 6.07) is 2.93. The molecule has 5 heterocycles. The van der Waals surface area contributed by atoms with E-state index in [0.29, 0.717) is 59.5 Å². The molecule has 15 nitrogen and oxygen atoms in total. The van der Waals surface area contributed by atoms with Gasteiger partial charge in [-0.05, 0) is 50.2 Å². The molecule has 4 aromatic heterocycles. The van der Waals surface area contributed by atoms with E-state index in [4.69, 9.17) is 21.3 Å². The van der Waals surface area contributed by atoms with Crippen LogP contribution in [0.2, 0.25) is 0 Å². The number of rotatable bonds is 7. The molecule has 4 atom stereocenters. The number of anilines is 3. The molecule has 15 heteroatoms. The minimum absolute atomic E-state index is 0.0390. The first kappa shape index (κ1) is 23.5. The molecule has 2 saturated carbocycles. The van der Waals surface area contributed by atoms with E-state index in [1.165, 1.54) is 28.6 Å². The van der Waals surface area contributed by atoms with E-state index in [9.17, 15) is 19.2 Å². The molecular weight excluding hydrogens is 568 g/mol. The van der Waals surface area contributed by atoms with Crippen molar-refractivity contribution >= 4 is 57.4 Å². The summed E-state index contributed by atoms with van der Waals surface area (Å²) in [4.78, 5) is 61.6. The van der Waals surface area contributed by atoms with Gasteiger partial charge in [0.25, 0.3) is 0 Å². The van der Waals surface area contributed by atoms with Crippen LogP contribution in [0.5, 0.6) is 0 Å². The summed E-state index contributed by atoms with van der Waals surface area (Å²) in [6.07, 6.45) is 2.63. The number of alkyl carbamates (subject to hydrolysis) is 1. The van der Waals surface area contributed by atoms with E-state index in [2.05, 4.69) is 20.4 Å². The Balaban J connectivity index is 1.30. The Morgan fingerprint density at radius 3 is 2.73 bits per heavy atom. The predicted molar refractivity (Wildman–Crippen MR) is 161 cm³/mol. The zero-order valence-corrected chi connectivity index (χ0v) is 24.2. The highest BCUT2D eigenvalue weighted by Gasteiger charge is 2.60. The molecule has 0 unspecified atom stereocenters. The molecule has 230 valence electrons. The highest BCUT2D eigenvalue weighted by molar-refractivity contribution is 6.03. The average molecular weight is 607 g/mol. The summed E-state index contributed by atoms with van der Waals surface area (Å²) in [5.41, 5.74) is 4.67. The number of ether oxygens (including phenoxy) is 1. The van der Waals surface area contributed by atoms with Gasteiger partial charge < -0.3 is 21.1 Å². The fraction of sp³-hybridized carbons (Fsp3) is 0.483. The third-order valence-corrected chi connectivity index (χ3v) is 9.02. The Morgan fingerprint density at radius 1 is 1.23 bits per heavy atom. The van der Waals surface area contributed by atoms with Crippen LogP contribution in [-0.4, -0.2) is 66.5 Å². The molecule has 0 spiro atoms. The highest BCUT2D eigenvalue weighted by Crippen LogP contribution is 2.51. The Labute approximate surface area is 257 Å². The lowest BCUT2D eigenvalue weighted by Crippen LogP contribution is -2.37. The highest BCUT2D eigenvalue weighted by atomic mass is 16.5. The molecule has 3 aliphatic rings. The van der Waals surface area contributed by atoms with E-state index in [-0.39, 0.29) is 41.5 Å². The molecule has 3 fully saturated rings. The predicted octanol–water partition coefficient (Wildman–Crippen LogP) is 2.02. The van der Waals surface area contributed by atoms with Crippen LogP contribution in [0.3, 0.4) is 0 Å². The molecule has 4 aromatic rings. The number of methoxy groups -OCH3 is 1. The van der Waals surface area contributed by atoms with Gasteiger partial charge in [-0.25, -0.2) is 24.2 Å². The molecule has 0 radical (unpaired) electrons. The summed E-state index contributed by atoms with van der Waals surface area (Å²) in [7, 11) is 1.19. The van der Waals surface area contributed by atoms with Gasteiger partial charge in [-0.2, -0.15) is 5.10 Å². The average Bonchev–Trinajstić information content (AvgIpc) is 3.40. The van der Waals surface area contributed by atoms with Crippen LogP contribution < -0.4 is 27.0 Å². The van der Waals surface area contributed by atoms with Crippen molar-refractivity contribution in [3.63, 3.8) is 0 Å². The number of primary amides is 1. The second-order valence-electron chi connectivity index (χ2n) is 11.6. The zero-order chi connectivity index (χ0) is 34.3. The molecule has 7 rings (SSSR count). The van der Waals surface area contributed by atoms with Crippen LogP contribution in [0.25, 0.3) is 22.1 Å². The SMILES string of the molecule is [2H]C([2H])([2H])n1c(=O)n([C@@H]2CC[C@@]([2H])(NC(=O)OC)C2)c2cc(Nc3ccc4c(N5CCCC5=O)nn([C@@]5(C(N)=O)C[C@@H]5C)c4n3)ncc21. The molecule has 1 aliphatic heterocycles. The molecule has 4 N–H and O–H groups in total. The maximum absolute atomic E-state index is 13.6. The van der Waals surface area contributed by atoms with Crippen molar-refractivity contribution in [2.45, 2.75) is 63.0 Å². The Kier molecular flexibility index (Phi) is 5.37. The van der Waals surface area contributed by atoms with Crippen LogP contribution in [-0.2, 0) is 26.8 Å². The second-order valence-corrected chi connectivity index (χ2v) is 11.6. The number of nitrogens with zero attached hydrogens (tertiary/aromatic N) is 7. The molecule has 0 bridgehead atoms. The second kappa shape index (κ2) is 10.1. The number of nitrogens with one attached hydrogen (secondary N) is 2. The number of aromatic nitrogens is 6. The van der Waals surface area contributed by atoms with Gasteiger partial charge in [-0.1, -0.05) is 6.92 Å². The number of hydrogen-bond donors (Lipinski definition) is 3. The minimum Gasteiger partial charge on any atom is -0.453 e. The van der Waals surface area contributed by atoms with Crippen molar-refractivity contribution in [2.75, 3.05) is 23.9 Å². The Bertz CT molecular complexity index is 2070. The summed E-state index contributed by atoms with van der Waals surface area (Å²) >= 11 is 0. The van der Waals surface area contributed by atoms with Gasteiger partial charge in [0.1, 0.15) is 17.2 Å². The third-order valence-electron chi connectivity index (χ3n) is 9.02. The maximum Gasteiger partial charge on any atom is 0.407 e.